The largest absolute Gasteiger partial charge is 0.245 e. The van der Waals surface area contributed by atoms with E-state index in [2.05, 4.69) is 48.5 Å². The summed E-state index contributed by atoms with van der Waals surface area (Å²) in [6, 6.07) is 46.6. The zero-order valence-electron chi connectivity index (χ0n) is 33.6. The number of aryl methyl sites for hydroxylation is 4. The van der Waals surface area contributed by atoms with Crippen LogP contribution in [-0.4, -0.2) is 11.4 Å². The van der Waals surface area contributed by atoms with E-state index in [1.54, 1.807) is 48.5 Å². The molecule has 9 rings (SSSR count). The molecule has 1 aliphatic carbocycles. The molecular formula is C54H40F4N2. The van der Waals surface area contributed by atoms with Crippen molar-refractivity contribution in [2.75, 3.05) is 0 Å². The third-order valence-corrected chi connectivity index (χ3v) is 11.5. The van der Waals surface area contributed by atoms with Gasteiger partial charge in [-0.05, 0) is 126 Å². The summed E-state index contributed by atoms with van der Waals surface area (Å²) >= 11 is 0. The first-order chi connectivity index (χ1) is 29.0. The van der Waals surface area contributed by atoms with Gasteiger partial charge in [0.25, 0.3) is 0 Å². The van der Waals surface area contributed by atoms with Gasteiger partial charge in [0.1, 0.15) is 23.3 Å². The Balaban J connectivity index is 1.32. The minimum atomic E-state index is -0.401. The zero-order valence-corrected chi connectivity index (χ0v) is 33.6. The molecule has 0 radical (unpaired) electrons. The zero-order chi connectivity index (χ0) is 41.7. The van der Waals surface area contributed by atoms with Crippen molar-refractivity contribution < 1.29 is 17.6 Å². The molecule has 0 fully saturated rings. The van der Waals surface area contributed by atoms with Crippen molar-refractivity contribution in [3.63, 3.8) is 0 Å². The standard InChI is InChI=1S/C54H40F4N2/c1-31-27-33(3)51(46(29-31)48(36-11-19-40(55)20-12-36)37-13-21-41(56)22-14-37)59-53-44-9-5-7-35-8-6-10-45(50(35)44)54(53)60-52-34(4)28-32(2)30-47(52)49(38-15-23-42(57)24-16-38)39-17-25-43(58)26-18-39/h5-30,48-49H,1-4H3. The summed E-state index contributed by atoms with van der Waals surface area (Å²) in [5, 5.41) is 2.09. The maximum Gasteiger partial charge on any atom is 0.123 e. The molecule has 0 atom stereocenters. The topological polar surface area (TPSA) is 24.7 Å². The van der Waals surface area contributed by atoms with E-state index in [1.807, 2.05) is 39.8 Å². The molecule has 294 valence electrons. The molecule has 0 bridgehead atoms. The van der Waals surface area contributed by atoms with Gasteiger partial charge in [-0.2, -0.15) is 0 Å². The predicted octanol–water partition coefficient (Wildman–Crippen LogP) is 14.2. The van der Waals surface area contributed by atoms with E-state index in [0.29, 0.717) is 11.4 Å². The Morgan fingerprint density at radius 3 is 1.02 bits per heavy atom. The van der Waals surface area contributed by atoms with Crippen molar-refractivity contribution in [2.45, 2.75) is 39.5 Å². The molecule has 0 aliphatic heterocycles. The van der Waals surface area contributed by atoms with Crippen LogP contribution in [0.4, 0.5) is 28.9 Å². The Morgan fingerprint density at radius 1 is 0.383 bits per heavy atom. The quantitative estimate of drug-likeness (QED) is 0.108. The summed E-state index contributed by atoms with van der Waals surface area (Å²) in [5.41, 5.74) is 13.8. The van der Waals surface area contributed by atoms with Crippen molar-refractivity contribution in [2.24, 2.45) is 9.98 Å². The average Bonchev–Trinajstić information content (AvgIpc) is 3.53. The normalized spacial score (nSPS) is 13.7. The van der Waals surface area contributed by atoms with Crippen LogP contribution in [0.25, 0.3) is 10.8 Å². The van der Waals surface area contributed by atoms with Crippen LogP contribution in [-0.2, 0) is 0 Å². The van der Waals surface area contributed by atoms with Crippen LogP contribution in [0.3, 0.4) is 0 Å². The molecule has 0 amide bonds. The van der Waals surface area contributed by atoms with Crippen molar-refractivity contribution in [1.82, 2.24) is 0 Å². The summed E-state index contributed by atoms with van der Waals surface area (Å²) in [6.45, 7) is 8.17. The molecule has 1 aliphatic rings. The molecule has 0 unspecified atom stereocenters. The Bertz CT molecular complexity index is 2690. The molecule has 0 N–H and O–H groups in total. The molecule has 0 spiro atoms. The lowest BCUT2D eigenvalue weighted by atomic mass is 9.82. The third-order valence-electron chi connectivity index (χ3n) is 11.5. The Labute approximate surface area is 347 Å². The van der Waals surface area contributed by atoms with E-state index in [4.69, 9.17) is 9.98 Å². The lowest BCUT2D eigenvalue weighted by molar-refractivity contribution is 0.625. The van der Waals surface area contributed by atoms with E-state index < -0.39 is 11.8 Å². The average molecular weight is 793 g/mol. The van der Waals surface area contributed by atoms with Gasteiger partial charge in [0.05, 0.1) is 22.8 Å². The van der Waals surface area contributed by atoms with Crippen molar-refractivity contribution in [1.29, 1.82) is 0 Å². The Morgan fingerprint density at radius 2 is 0.700 bits per heavy atom. The highest BCUT2D eigenvalue weighted by Crippen LogP contribution is 2.44. The maximum atomic E-state index is 14.4. The second-order valence-corrected chi connectivity index (χ2v) is 15.7. The minimum absolute atomic E-state index is 0.345. The van der Waals surface area contributed by atoms with Crippen molar-refractivity contribution in [3.8, 4) is 0 Å². The van der Waals surface area contributed by atoms with E-state index in [-0.39, 0.29) is 23.3 Å². The van der Waals surface area contributed by atoms with Crippen molar-refractivity contribution in [3.05, 3.63) is 248 Å². The number of halogens is 4. The molecule has 8 aromatic carbocycles. The van der Waals surface area contributed by atoms with E-state index in [0.717, 1.165) is 88.9 Å². The molecular weight excluding hydrogens is 753 g/mol. The van der Waals surface area contributed by atoms with Crippen LogP contribution in [0.5, 0.6) is 0 Å². The molecule has 0 aromatic heterocycles. The van der Waals surface area contributed by atoms with Crippen LogP contribution in [0, 0.1) is 51.0 Å². The van der Waals surface area contributed by atoms with Gasteiger partial charge in [0.15, 0.2) is 0 Å². The third kappa shape index (κ3) is 7.23. The Hall–Kier alpha value is -6.92. The first kappa shape index (κ1) is 38.6. The monoisotopic (exact) mass is 792 g/mol. The number of hydrogen-bond donors (Lipinski definition) is 0. The number of aliphatic imine (C=N–C) groups is 2. The number of hydrogen-bond acceptors (Lipinski definition) is 2. The molecule has 0 heterocycles. The predicted molar refractivity (Wildman–Crippen MR) is 236 cm³/mol. The summed E-state index contributed by atoms with van der Waals surface area (Å²) in [5.74, 6) is -2.18. The molecule has 6 heteroatoms. The number of nitrogens with zero attached hydrogens (tertiary/aromatic N) is 2. The lowest BCUT2D eigenvalue weighted by Crippen LogP contribution is -2.13. The summed E-state index contributed by atoms with van der Waals surface area (Å²) in [6.07, 6.45) is 0. The molecule has 8 aromatic rings. The second kappa shape index (κ2) is 15.7. The van der Waals surface area contributed by atoms with Crippen LogP contribution >= 0.6 is 0 Å². The number of rotatable bonds is 8. The highest BCUT2D eigenvalue weighted by molar-refractivity contribution is 6.61. The minimum Gasteiger partial charge on any atom is -0.245 e. The summed E-state index contributed by atoms with van der Waals surface area (Å²) in [7, 11) is 0. The van der Waals surface area contributed by atoms with Gasteiger partial charge in [0.2, 0.25) is 0 Å². The van der Waals surface area contributed by atoms with Gasteiger partial charge in [0, 0.05) is 28.3 Å². The van der Waals surface area contributed by atoms with Gasteiger partial charge >= 0.3 is 0 Å². The maximum absolute atomic E-state index is 14.4. The first-order valence-corrected chi connectivity index (χ1v) is 20.0. The van der Waals surface area contributed by atoms with E-state index >= 15 is 0 Å². The molecule has 2 nitrogen and oxygen atoms in total. The van der Waals surface area contributed by atoms with Gasteiger partial charge in [-0.15, -0.1) is 0 Å². The van der Waals surface area contributed by atoms with Gasteiger partial charge in [-0.3, -0.25) is 0 Å². The van der Waals surface area contributed by atoms with Crippen LogP contribution < -0.4 is 0 Å². The fourth-order valence-corrected chi connectivity index (χ4v) is 8.90. The summed E-state index contributed by atoms with van der Waals surface area (Å²) < 4.78 is 57.5. The van der Waals surface area contributed by atoms with Gasteiger partial charge in [-0.25, -0.2) is 27.5 Å². The fraction of sp³-hybridized carbons (Fsp3) is 0.111. The smallest absolute Gasteiger partial charge is 0.123 e. The van der Waals surface area contributed by atoms with Gasteiger partial charge in [-0.1, -0.05) is 120 Å². The fourth-order valence-electron chi connectivity index (χ4n) is 8.90. The molecule has 60 heavy (non-hydrogen) atoms. The molecule has 0 saturated carbocycles. The van der Waals surface area contributed by atoms with Gasteiger partial charge < -0.3 is 0 Å². The van der Waals surface area contributed by atoms with Crippen LogP contribution in [0.1, 0.15) is 78.6 Å². The molecule has 0 saturated heterocycles. The summed E-state index contributed by atoms with van der Waals surface area (Å²) in [4.78, 5) is 11.3. The highest BCUT2D eigenvalue weighted by Gasteiger charge is 2.31. The van der Waals surface area contributed by atoms with Crippen molar-refractivity contribution >= 4 is 33.6 Å². The van der Waals surface area contributed by atoms with E-state index in [1.165, 1.54) is 48.5 Å². The first-order valence-electron chi connectivity index (χ1n) is 20.0. The SMILES string of the molecule is Cc1cc(C)c(N=C2C(=Nc3c(C)cc(C)cc3C(c3ccc(F)cc3)c3ccc(F)cc3)c3cccc4cccc2c34)c(C(c2ccc(F)cc2)c2ccc(F)cc2)c1. The van der Waals surface area contributed by atoms with E-state index in [9.17, 15) is 17.6 Å². The highest BCUT2D eigenvalue weighted by atomic mass is 19.1. The number of benzene rings is 8. The second-order valence-electron chi connectivity index (χ2n) is 15.7. The Kier molecular flexibility index (Phi) is 10.1. The lowest BCUT2D eigenvalue weighted by Gasteiger charge is -2.23. The van der Waals surface area contributed by atoms with Crippen LogP contribution in [0.15, 0.2) is 168 Å². The van der Waals surface area contributed by atoms with Crippen LogP contribution in [0.2, 0.25) is 0 Å².